The van der Waals surface area contributed by atoms with Crippen molar-refractivity contribution in [3.8, 4) is 0 Å². The summed E-state index contributed by atoms with van der Waals surface area (Å²) in [5.41, 5.74) is 2.03. The maximum Gasteiger partial charge on any atom is 0.286 e. The third-order valence-corrected chi connectivity index (χ3v) is 3.68. The fourth-order valence-electron chi connectivity index (χ4n) is 1.27. The summed E-state index contributed by atoms with van der Waals surface area (Å²) in [6.07, 6.45) is 0.515. The van der Waals surface area contributed by atoms with E-state index in [4.69, 9.17) is 18.6 Å². The Labute approximate surface area is 112 Å². The molecular weight excluding hydrogens is 248 g/mol. The predicted molar refractivity (Wildman–Crippen MR) is 75.3 cm³/mol. The molecule has 0 rings (SSSR count). The Bertz CT molecular complexity index is 324. The molecule has 4 nitrogen and oxygen atoms in total. The Kier molecular flexibility index (Phi) is 6.91. The van der Waals surface area contributed by atoms with Crippen molar-refractivity contribution in [1.29, 1.82) is 0 Å². The van der Waals surface area contributed by atoms with Gasteiger partial charge in [0.25, 0.3) is 20.2 Å². The lowest BCUT2D eigenvalue weighted by molar-refractivity contribution is 0.0669. The number of methoxy groups -OCH3 is 2. The zero-order chi connectivity index (χ0) is 14.3. The Morgan fingerprint density at radius 1 is 0.833 bits per heavy atom. The predicted octanol–water partition coefficient (Wildman–Crippen LogP) is 3.56. The molecule has 0 aliphatic heterocycles. The third-order valence-electron chi connectivity index (χ3n) is 2.11. The monoisotopic (exact) mass is 274 g/mol. The first-order chi connectivity index (χ1) is 8.23. The van der Waals surface area contributed by atoms with E-state index < -0.39 is 8.32 Å². The van der Waals surface area contributed by atoms with Gasteiger partial charge in [0.05, 0.1) is 14.2 Å². The molecule has 0 bridgehead atoms. The molecule has 0 N–H and O–H groups in total. The zero-order valence-electron chi connectivity index (χ0n) is 12.8. The second-order valence-electron chi connectivity index (χ2n) is 5.13. The van der Waals surface area contributed by atoms with Crippen LogP contribution in [0.2, 0.25) is 13.1 Å². The molecule has 0 amide bonds. The van der Waals surface area contributed by atoms with Crippen molar-refractivity contribution in [2.75, 3.05) is 20.4 Å². The first kappa shape index (κ1) is 16.9. The summed E-state index contributed by atoms with van der Waals surface area (Å²) in [6.45, 7) is 12.0. The minimum atomic E-state index is -1.99. The van der Waals surface area contributed by atoms with Gasteiger partial charge in [0.1, 0.15) is 6.23 Å². The fourth-order valence-corrected chi connectivity index (χ4v) is 2.60. The van der Waals surface area contributed by atoms with Gasteiger partial charge in [0.2, 0.25) is 0 Å². The summed E-state index contributed by atoms with van der Waals surface area (Å²) in [6, 6.07) is 0. The second-order valence-corrected chi connectivity index (χ2v) is 9.15. The Morgan fingerprint density at radius 3 is 1.61 bits per heavy atom. The minimum absolute atomic E-state index is 0.515. The van der Waals surface area contributed by atoms with Crippen LogP contribution in [0.15, 0.2) is 23.0 Å². The molecular formula is C13H26O4Si. The highest BCUT2D eigenvalue weighted by Crippen LogP contribution is 2.17. The van der Waals surface area contributed by atoms with E-state index in [1.807, 2.05) is 27.7 Å². The van der Waals surface area contributed by atoms with E-state index in [-0.39, 0.29) is 0 Å². The lowest BCUT2D eigenvalue weighted by Gasteiger charge is -2.26. The van der Waals surface area contributed by atoms with E-state index in [0.29, 0.717) is 18.1 Å². The third kappa shape index (κ3) is 6.00. The smallest absolute Gasteiger partial charge is 0.286 e. The standard InChI is InChI=1S/C13H26O4Si/c1-10(2)12(14-5)16-9-18(7,8)17-13(15-6)11(3)4/h9H2,1-8H3. The number of hydrogen-bond acceptors (Lipinski definition) is 4. The normalized spacial score (nSPS) is 10.4. The lowest BCUT2D eigenvalue weighted by Crippen LogP contribution is -2.37. The van der Waals surface area contributed by atoms with Crippen LogP contribution in [0, 0.1) is 0 Å². The first-order valence-electron chi connectivity index (χ1n) is 5.98. The summed E-state index contributed by atoms with van der Waals surface area (Å²) < 4.78 is 22.0. The maximum absolute atomic E-state index is 5.92. The molecule has 0 fully saturated rings. The average Bonchev–Trinajstić information content (AvgIpc) is 2.25. The largest absolute Gasteiger partial charge is 0.516 e. The lowest BCUT2D eigenvalue weighted by atomic mass is 10.4. The highest BCUT2D eigenvalue weighted by atomic mass is 28.4. The number of allylic oxidation sites excluding steroid dienone is 2. The van der Waals surface area contributed by atoms with Crippen molar-refractivity contribution in [2.45, 2.75) is 40.8 Å². The van der Waals surface area contributed by atoms with Crippen molar-refractivity contribution in [1.82, 2.24) is 0 Å². The van der Waals surface area contributed by atoms with Crippen molar-refractivity contribution >= 4 is 8.32 Å². The number of ether oxygens (including phenoxy) is 3. The van der Waals surface area contributed by atoms with Crippen molar-refractivity contribution in [2.24, 2.45) is 0 Å². The molecule has 0 unspecified atom stereocenters. The van der Waals surface area contributed by atoms with Gasteiger partial charge in [-0.1, -0.05) is 0 Å². The number of rotatable bonds is 7. The van der Waals surface area contributed by atoms with Crippen LogP contribution in [-0.4, -0.2) is 28.8 Å². The summed E-state index contributed by atoms with van der Waals surface area (Å²) >= 11 is 0. The van der Waals surface area contributed by atoms with Crippen LogP contribution < -0.4 is 0 Å². The Morgan fingerprint density at radius 2 is 1.28 bits per heavy atom. The Hall–Kier alpha value is -1.10. The van der Waals surface area contributed by atoms with E-state index in [9.17, 15) is 0 Å². The van der Waals surface area contributed by atoms with Crippen LogP contribution in [0.4, 0.5) is 0 Å². The molecule has 5 heteroatoms. The van der Waals surface area contributed by atoms with Gasteiger partial charge >= 0.3 is 0 Å². The molecule has 18 heavy (non-hydrogen) atoms. The molecule has 0 aromatic rings. The summed E-state index contributed by atoms with van der Waals surface area (Å²) in [5.74, 6) is 1.15. The van der Waals surface area contributed by atoms with Gasteiger partial charge in [-0.3, -0.25) is 0 Å². The van der Waals surface area contributed by atoms with Crippen LogP contribution in [0.5, 0.6) is 0 Å². The van der Waals surface area contributed by atoms with E-state index in [1.165, 1.54) is 0 Å². The molecule has 0 aliphatic rings. The van der Waals surface area contributed by atoms with Gasteiger partial charge < -0.3 is 18.6 Å². The van der Waals surface area contributed by atoms with Crippen LogP contribution >= 0.6 is 0 Å². The Balaban J connectivity index is 4.59. The highest BCUT2D eigenvalue weighted by Gasteiger charge is 2.28. The number of hydrogen-bond donors (Lipinski definition) is 0. The van der Waals surface area contributed by atoms with Crippen LogP contribution in [0.1, 0.15) is 27.7 Å². The summed E-state index contributed by atoms with van der Waals surface area (Å²) in [5, 5.41) is 0. The van der Waals surface area contributed by atoms with Gasteiger partial charge in [0.15, 0.2) is 0 Å². The topological polar surface area (TPSA) is 36.9 Å². The maximum atomic E-state index is 5.92. The van der Waals surface area contributed by atoms with E-state index in [1.54, 1.807) is 14.2 Å². The SMILES string of the molecule is COC(OC[Si](C)(C)OC(OC)=C(C)C)=C(C)C. The van der Waals surface area contributed by atoms with Crippen molar-refractivity contribution in [3.63, 3.8) is 0 Å². The summed E-state index contributed by atoms with van der Waals surface area (Å²) in [4.78, 5) is 0. The molecule has 0 spiro atoms. The van der Waals surface area contributed by atoms with E-state index >= 15 is 0 Å². The molecule has 0 radical (unpaired) electrons. The van der Waals surface area contributed by atoms with Gasteiger partial charge in [-0.05, 0) is 40.8 Å². The first-order valence-corrected chi connectivity index (χ1v) is 9.09. The highest BCUT2D eigenvalue weighted by molar-refractivity contribution is 6.71. The van der Waals surface area contributed by atoms with Gasteiger partial charge in [-0.15, -0.1) is 0 Å². The quantitative estimate of drug-likeness (QED) is 0.525. The van der Waals surface area contributed by atoms with E-state index in [0.717, 1.165) is 11.1 Å². The van der Waals surface area contributed by atoms with Crippen LogP contribution in [0.25, 0.3) is 0 Å². The molecule has 0 aromatic carbocycles. The average molecular weight is 274 g/mol. The molecule has 0 saturated heterocycles. The molecule has 0 heterocycles. The van der Waals surface area contributed by atoms with Gasteiger partial charge in [-0.25, -0.2) is 0 Å². The van der Waals surface area contributed by atoms with Gasteiger partial charge in [0, 0.05) is 11.1 Å². The van der Waals surface area contributed by atoms with E-state index in [2.05, 4.69) is 13.1 Å². The zero-order valence-corrected chi connectivity index (χ0v) is 13.8. The summed E-state index contributed by atoms with van der Waals surface area (Å²) in [7, 11) is 1.23. The van der Waals surface area contributed by atoms with Crippen molar-refractivity contribution < 1.29 is 18.6 Å². The minimum Gasteiger partial charge on any atom is -0.516 e. The van der Waals surface area contributed by atoms with Crippen LogP contribution in [0.3, 0.4) is 0 Å². The molecule has 0 aromatic heterocycles. The molecule has 0 aliphatic carbocycles. The van der Waals surface area contributed by atoms with Crippen molar-refractivity contribution in [3.05, 3.63) is 23.0 Å². The van der Waals surface area contributed by atoms with Crippen LogP contribution in [-0.2, 0) is 18.6 Å². The fraction of sp³-hybridized carbons (Fsp3) is 0.692. The molecule has 0 atom stereocenters. The molecule has 106 valence electrons. The second kappa shape index (κ2) is 7.36. The molecule has 0 saturated carbocycles. The van der Waals surface area contributed by atoms with Gasteiger partial charge in [-0.2, -0.15) is 0 Å².